The Morgan fingerprint density at radius 3 is 1.98 bits per heavy atom. The Labute approximate surface area is 290 Å². The molecular weight excluding hydrogens is 609 g/mol. The highest BCUT2D eigenvalue weighted by molar-refractivity contribution is 6.17. The van der Waals surface area contributed by atoms with E-state index in [1.807, 2.05) is 42.5 Å². The van der Waals surface area contributed by atoms with Crippen molar-refractivity contribution in [2.45, 2.75) is 0 Å². The number of nitriles is 1. The largest absolute Gasteiger partial charge is 0.455 e. The summed E-state index contributed by atoms with van der Waals surface area (Å²) in [6.45, 7) is 0. The highest BCUT2D eigenvalue weighted by atomic mass is 16.3. The number of nitrogens with zero attached hydrogens (tertiary/aromatic N) is 2. The standard InChI is InChI=1S/C47H30N2O/c48-31-35-17-5-9-27-43(35)49(36-20-10-19-34(30-36)39-24-11-18-33-16-4-6-21-37(33)39)44-28-13-29-45-46(44)42-26-12-25-41(47(42)50-45)40-23-8-7-22-38(40)32-14-2-1-3-15-32/h1-30H. The summed E-state index contributed by atoms with van der Waals surface area (Å²) in [6.07, 6.45) is 0. The second kappa shape index (κ2) is 12.3. The highest BCUT2D eigenvalue weighted by Gasteiger charge is 2.23. The Bertz CT molecular complexity index is 2730. The number of benzene rings is 8. The van der Waals surface area contributed by atoms with Gasteiger partial charge in [0.1, 0.15) is 17.2 Å². The molecule has 0 unspecified atom stereocenters. The minimum Gasteiger partial charge on any atom is -0.455 e. The van der Waals surface area contributed by atoms with Gasteiger partial charge in [0.05, 0.1) is 22.3 Å². The Kier molecular flexibility index (Phi) is 7.19. The van der Waals surface area contributed by atoms with Gasteiger partial charge in [0.25, 0.3) is 0 Å². The lowest BCUT2D eigenvalue weighted by atomic mass is 9.93. The van der Waals surface area contributed by atoms with Crippen molar-refractivity contribution in [1.29, 1.82) is 5.26 Å². The van der Waals surface area contributed by atoms with Crippen LogP contribution in [0.5, 0.6) is 0 Å². The van der Waals surface area contributed by atoms with Crippen LogP contribution in [0.3, 0.4) is 0 Å². The van der Waals surface area contributed by atoms with Gasteiger partial charge in [-0.15, -0.1) is 0 Å². The van der Waals surface area contributed by atoms with E-state index in [1.165, 1.54) is 10.8 Å². The van der Waals surface area contributed by atoms with Gasteiger partial charge in [-0.3, -0.25) is 0 Å². The van der Waals surface area contributed by atoms with Crippen LogP contribution in [0.2, 0.25) is 0 Å². The van der Waals surface area contributed by atoms with E-state index in [9.17, 15) is 5.26 Å². The Balaban J connectivity index is 1.29. The number of hydrogen-bond acceptors (Lipinski definition) is 3. The summed E-state index contributed by atoms with van der Waals surface area (Å²) < 4.78 is 6.80. The highest BCUT2D eigenvalue weighted by Crippen LogP contribution is 2.47. The zero-order valence-corrected chi connectivity index (χ0v) is 27.1. The van der Waals surface area contributed by atoms with Crippen molar-refractivity contribution in [3.05, 3.63) is 188 Å². The third-order valence-electron chi connectivity index (χ3n) is 9.51. The maximum absolute atomic E-state index is 10.3. The normalized spacial score (nSPS) is 11.2. The van der Waals surface area contributed by atoms with E-state index in [-0.39, 0.29) is 0 Å². The molecule has 8 aromatic carbocycles. The van der Waals surface area contributed by atoms with Crippen molar-refractivity contribution >= 4 is 49.8 Å². The number of hydrogen-bond donors (Lipinski definition) is 0. The Hall–Kier alpha value is -6.89. The SMILES string of the molecule is N#Cc1ccccc1N(c1cccc(-c2cccc3ccccc23)c1)c1cccc2oc3c(-c4ccccc4-c4ccccc4)cccc3c12. The summed E-state index contributed by atoms with van der Waals surface area (Å²) >= 11 is 0. The molecule has 0 bridgehead atoms. The Morgan fingerprint density at radius 1 is 0.460 bits per heavy atom. The number of fused-ring (bicyclic) bond motifs is 4. The number of furan rings is 1. The van der Waals surface area contributed by atoms with Crippen molar-refractivity contribution in [3.8, 4) is 39.4 Å². The summed E-state index contributed by atoms with van der Waals surface area (Å²) in [6, 6.07) is 65.3. The maximum Gasteiger partial charge on any atom is 0.143 e. The van der Waals surface area contributed by atoms with E-state index in [2.05, 4.69) is 150 Å². The van der Waals surface area contributed by atoms with Crippen LogP contribution in [0.15, 0.2) is 186 Å². The van der Waals surface area contributed by atoms with Crippen LogP contribution in [0.1, 0.15) is 5.56 Å². The van der Waals surface area contributed by atoms with Crippen LogP contribution < -0.4 is 4.90 Å². The molecule has 0 aliphatic heterocycles. The maximum atomic E-state index is 10.3. The van der Waals surface area contributed by atoms with Gasteiger partial charge in [0.2, 0.25) is 0 Å². The molecule has 9 rings (SSSR count). The van der Waals surface area contributed by atoms with Crippen molar-refractivity contribution in [2.24, 2.45) is 0 Å². The Morgan fingerprint density at radius 2 is 1.08 bits per heavy atom. The molecule has 1 aromatic heterocycles. The van der Waals surface area contributed by atoms with Gasteiger partial charge in [-0.2, -0.15) is 5.26 Å². The van der Waals surface area contributed by atoms with Crippen LogP contribution >= 0.6 is 0 Å². The van der Waals surface area contributed by atoms with Gasteiger partial charge in [0, 0.05) is 16.6 Å². The smallest absolute Gasteiger partial charge is 0.143 e. The fourth-order valence-corrected chi connectivity index (χ4v) is 7.28. The van der Waals surface area contributed by atoms with Crippen LogP contribution in [0.25, 0.3) is 66.1 Å². The van der Waals surface area contributed by atoms with Crippen molar-refractivity contribution in [3.63, 3.8) is 0 Å². The van der Waals surface area contributed by atoms with E-state index in [0.29, 0.717) is 5.56 Å². The first-order valence-electron chi connectivity index (χ1n) is 16.7. The number of para-hydroxylation sites is 2. The third-order valence-corrected chi connectivity index (χ3v) is 9.51. The molecule has 0 saturated carbocycles. The molecule has 0 atom stereocenters. The second-order valence-electron chi connectivity index (χ2n) is 12.4. The van der Waals surface area contributed by atoms with Gasteiger partial charge in [-0.25, -0.2) is 0 Å². The molecule has 1 heterocycles. The summed E-state index contributed by atoms with van der Waals surface area (Å²) in [5.41, 5.74) is 11.6. The second-order valence-corrected chi connectivity index (χ2v) is 12.4. The lowest BCUT2D eigenvalue weighted by Gasteiger charge is -2.27. The van der Waals surface area contributed by atoms with E-state index < -0.39 is 0 Å². The fraction of sp³-hybridized carbons (Fsp3) is 0. The number of anilines is 3. The summed E-state index contributed by atoms with van der Waals surface area (Å²) in [4.78, 5) is 2.20. The van der Waals surface area contributed by atoms with Gasteiger partial charge in [-0.1, -0.05) is 146 Å². The first-order chi connectivity index (χ1) is 24.8. The average molecular weight is 639 g/mol. The monoisotopic (exact) mass is 638 g/mol. The molecule has 50 heavy (non-hydrogen) atoms. The van der Waals surface area contributed by atoms with Crippen molar-refractivity contribution in [2.75, 3.05) is 4.90 Å². The molecule has 0 aliphatic rings. The molecule has 3 nitrogen and oxygen atoms in total. The molecule has 0 fully saturated rings. The molecule has 0 aliphatic carbocycles. The minimum absolute atomic E-state index is 0.588. The molecule has 234 valence electrons. The van der Waals surface area contributed by atoms with Crippen LogP contribution in [0, 0.1) is 11.3 Å². The third kappa shape index (κ3) is 4.91. The zero-order chi connectivity index (χ0) is 33.4. The lowest BCUT2D eigenvalue weighted by molar-refractivity contribution is 0.670. The summed E-state index contributed by atoms with van der Waals surface area (Å²) in [5, 5.41) is 14.7. The molecule has 0 saturated heterocycles. The van der Waals surface area contributed by atoms with E-state index in [4.69, 9.17) is 4.42 Å². The molecule has 3 heteroatoms. The molecule has 0 N–H and O–H groups in total. The minimum atomic E-state index is 0.588. The fourth-order valence-electron chi connectivity index (χ4n) is 7.28. The topological polar surface area (TPSA) is 40.2 Å². The van der Waals surface area contributed by atoms with E-state index >= 15 is 0 Å². The summed E-state index contributed by atoms with van der Waals surface area (Å²) in [7, 11) is 0. The van der Waals surface area contributed by atoms with Gasteiger partial charge in [0.15, 0.2) is 0 Å². The lowest BCUT2D eigenvalue weighted by Crippen LogP contribution is -2.12. The molecule has 0 amide bonds. The average Bonchev–Trinajstić information content (AvgIpc) is 3.58. The predicted molar refractivity (Wildman–Crippen MR) is 207 cm³/mol. The molecule has 0 radical (unpaired) electrons. The molecule has 9 aromatic rings. The molecular formula is C47H30N2O. The van der Waals surface area contributed by atoms with Gasteiger partial charge in [-0.05, 0) is 75.0 Å². The van der Waals surface area contributed by atoms with Gasteiger partial charge < -0.3 is 9.32 Å². The number of rotatable bonds is 6. The first-order valence-corrected chi connectivity index (χ1v) is 16.7. The summed E-state index contributed by atoms with van der Waals surface area (Å²) in [5.74, 6) is 0. The van der Waals surface area contributed by atoms with E-state index in [0.717, 1.165) is 72.4 Å². The quantitative estimate of drug-likeness (QED) is 0.182. The predicted octanol–water partition coefficient (Wildman–Crippen LogP) is 13.1. The zero-order valence-electron chi connectivity index (χ0n) is 27.1. The van der Waals surface area contributed by atoms with Crippen molar-refractivity contribution < 1.29 is 4.42 Å². The van der Waals surface area contributed by atoms with Crippen LogP contribution in [-0.2, 0) is 0 Å². The van der Waals surface area contributed by atoms with Crippen LogP contribution in [-0.4, -0.2) is 0 Å². The molecule has 0 spiro atoms. The van der Waals surface area contributed by atoms with Crippen LogP contribution in [0.4, 0.5) is 17.1 Å². The van der Waals surface area contributed by atoms with Crippen molar-refractivity contribution in [1.82, 2.24) is 0 Å². The first kappa shape index (κ1) is 29.3. The van der Waals surface area contributed by atoms with Gasteiger partial charge >= 0.3 is 0 Å². The van der Waals surface area contributed by atoms with E-state index in [1.54, 1.807) is 0 Å².